The fourth-order valence-corrected chi connectivity index (χ4v) is 3.08. The number of fused-ring (bicyclic) bond motifs is 1. The molecule has 1 fully saturated rings. The highest BCUT2D eigenvalue weighted by molar-refractivity contribution is 6.31. The lowest BCUT2D eigenvalue weighted by Crippen LogP contribution is -2.35. The van der Waals surface area contributed by atoms with Crippen molar-refractivity contribution in [2.24, 2.45) is 11.8 Å². The van der Waals surface area contributed by atoms with Gasteiger partial charge < -0.3 is 5.32 Å². The van der Waals surface area contributed by atoms with Crippen molar-refractivity contribution in [3.8, 4) is 0 Å². The molecule has 1 aromatic rings. The van der Waals surface area contributed by atoms with Gasteiger partial charge in [-0.3, -0.25) is 14.5 Å². The molecule has 5 heteroatoms. The number of amides is 2. The zero-order chi connectivity index (χ0) is 15.0. The summed E-state index contributed by atoms with van der Waals surface area (Å²) in [7, 11) is 0. The SMILES string of the molecule is Cc1ccc(NCN2C(=O)C3CC=CCC3C2=O)cc1Cl. The molecule has 21 heavy (non-hydrogen) atoms. The summed E-state index contributed by atoms with van der Waals surface area (Å²) >= 11 is 6.07. The van der Waals surface area contributed by atoms with Crippen LogP contribution in [0.1, 0.15) is 18.4 Å². The predicted octanol–water partition coefficient (Wildman–Crippen LogP) is 2.97. The third-order valence-electron chi connectivity index (χ3n) is 4.21. The summed E-state index contributed by atoms with van der Waals surface area (Å²) < 4.78 is 0. The van der Waals surface area contributed by atoms with E-state index < -0.39 is 0 Å². The molecule has 0 spiro atoms. The maximum atomic E-state index is 12.3. The summed E-state index contributed by atoms with van der Waals surface area (Å²) in [5.74, 6) is -0.489. The van der Waals surface area contributed by atoms with Gasteiger partial charge in [-0.2, -0.15) is 0 Å². The molecular formula is C16H17ClN2O2. The summed E-state index contributed by atoms with van der Waals surface area (Å²) in [6.07, 6.45) is 5.32. The first-order valence-corrected chi connectivity index (χ1v) is 7.46. The molecule has 1 aliphatic heterocycles. The number of rotatable bonds is 3. The molecule has 0 aromatic heterocycles. The van der Waals surface area contributed by atoms with Crippen LogP contribution in [0.5, 0.6) is 0 Å². The molecule has 2 amide bonds. The Bertz CT molecular complexity index is 601. The first kappa shape index (κ1) is 14.1. The fraction of sp³-hybridized carbons (Fsp3) is 0.375. The molecule has 0 radical (unpaired) electrons. The van der Waals surface area contributed by atoms with Crippen molar-refractivity contribution >= 4 is 29.1 Å². The number of hydrogen-bond donors (Lipinski definition) is 1. The lowest BCUT2D eigenvalue weighted by atomic mass is 9.85. The Morgan fingerprint density at radius 2 is 1.81 bits per heavy atom. The third kappa shape index (κ3) is 2.56. The van der Waals surface area contributed by atoms with Crippen molar-refractivity contribution in [2.45, 2.75) is 19.8 Å². The van der Waals surface area contributed by atoms with Crippen LogP contribution in [0.2, 0.25) is 5.02 Å². The van der Waals surface area contributed by atoms with Gasteiger partial charge in [0.1, 0.15) is 0 Å². The number of imide groups is 1. The molecule has 1 aromatic carbocycles. The summed E-state index contributed by atoms with van der Waals surface area (Å²) in [6.45, 7) is 2.13. The van der Waals surface area contributed by atoms with E-state index in [0.29, 0.717) is 17.9 Å². The van der Waals surface area contributed by atoms with Crippen molar-refractivity contribution in [2.75, 3.05) is 12.0 Å². The van der Waals surface area contributed by atoms with Gasteiger partial charge in [-0.05, 0) is 37.5 Å². The number of aryl methyl sites for hydroxylation is 1. The second-order valence-corrected chi connectivity index (χ2v) is 5.97. The number of nitrogens with one attached hydrogen (secondary N) is 1. The number of anilines is 1. The maximum Gasteiger partial charge on any atom is 0.234 e. The third-order valence-corrected chi connectivity index (χ3v) is 4.62. The van der Waals surface area contributed by atoms with Gasteiger partial charge in [-0.15, -0.1) is 0 Å². The Kier molecular flexibility index (Phi) is 3.72. The minimum absolute atomic E-state index is 0.0694. The Balaban J connectivity index is 1.69. The molecule has 1 aliphatic carbocycles. The van der Waals surface area contributed by atoms with Crippen LogP contribution in [0.25, 0.3) is 0 Å². The molecule has 3 rings (SSSR count). The number of nitrogens with zero attached hydrogens (tertiary/aromatic N) is 1. The number of carbonyl (C=O) groups is 2. The van der Waals surface area contributed by atoms with E-state index in [4.69, 9.17) is 11.6 Å². The molecule has 0 bridgehead atoms. The first-order chi connectivity index (χ1) is 10.1. The average molecular weight is 305 g/mol. The number of carbonyl (C=O) groups excluding carboxylic acids is 2. The van der Waals surface area contributed by atoms with Gasteiger partial charge in [-0.1, -0.05) is 29.8 Å². The molecule has 2 unspecified atom stereocenters. The number of halogens is 1. The number of hydrogen-bond acceptors (Lipinski definition) is 3. The number of likely N-dealkylation sites (tertiary alicyclic amines) is 1. The van der Waals surface area contributed by atoms with Gasteiger partial charge in [-0.25, -0.2) is 0 Å². The van der Waals surface area contributed by atoms with E-state index in [9.17, 15) is 9.59 Å². The summed E-state index contributed by atoms with van der Waals surface area (Å²) in [5, 5.41) is 3.77. The lowest BCUT2D eigenvalue weighted by molar-refractivity contribution is -0.139. The average Bonchev–Trinajstić information content (AvgIpc) is 2.73. The monoisotopic (exact) mass is 304 g/mol. The second-order valence-electron chi connectivity index (χ2n) is 5.56. The topological polar surface area (TPSA) is 49.4 Å². The van der Waals surface area contributed by atoms with Crippen LogP contribution < -0.4 is 5.32 Å². The zero-order valence-corrected chi connectivity index (χ0v) is 12.6. The Labute approximate surface area is 128 Å². The summed E-state index contributed by atoms with van der Waals surface area (Å²) in [5.41, 5.74) is 1.80. The number of allylic oxidation sites excluding steroid dienone is 2. The van der Waals surface area contributed by atoms with Crippen LogP contribution in [-0.2, 0) is 9.59 Å². The van der Waals surface area contributed by atoms with Gasteiger partial charge in [0, 0.05) is 10.7 Å². The molecule has 2 atom stereocenters. The van der Waals surface area contributed by atoms with Crippen molar-refractivity contribution in [3.05, 3.63) is 40.9 Å². The lowest BCUT2D eigenvalue weighted by Gasteiger charge is -2.16. The van der Waals surface area contributed by atoms with Crippen molar-refractivity contribution in [1.82, 2.24) is 4.90 Å². The number of benzene rings is 1. The van der Waals surface area contributed by atoms with Crippen molar-refractivity contribution in [3.63, 3.8) is 0 Å². The van der Waals surface area contributed by atoms with E-state index in [2.05, 4.69) is 5.32 Å². The maximum absolute atomic E-state index is 12.3. The van der Waals surface area contributed by atoms with Gasteiger partial charge in [0.2, 0.25) is 11.8 Å². The summed E-state index contributed by atoms with van der Waals surface area (Å²) in [4.78, 5) is 25.9. The van der Waals surface area contributed by atoms with E-state index >= 15 is 0 Å². The molecule has 2 aliphatic rings. The smallest absolute Gasteiger partial charge is 0.234 e. The highest BCUT2D eigenvalue weighted by atomic mass is 35.5. The minimum Gasteiger partial charge on any atom is -0.367 e. The van der Waals surface area contributed by atoms with Crippen LogP contribution >= 0.6 is 11.6 Å². The Morgan fingerprint density at radius 3 is 2.38 bits per heavy atom. The molecule has 1 N–H and O–H groups in total. The molecule has 110 valence electrons. The van der Waals surface area contributed by atoms with E-state index in [1.807, 2.05) is 31.2 Å². The van der Waals surface area contributed by atoms with Crippen molar-refractivity contribution in [1.29, 1.82) is 0 Å². The largest absolute Gasteiger partial charge is 0.367 e. The van der Waals surface area contributed by atoms with Crippen LogP contribution in [0.15, 0.2) is 30.4 Å². The van der Waals surface area contributed by atoms with Gasteiger partial charge >= 0.3 is 0 Å². The standard InChI is InChI=1S/C16H17ClN2O2/c1-10-6-7-11(8-14(10)17)18-9-19-15(20)12-4-2-3-5-13(12)16(19)21/h2-3,6-8,12-13,18H,4-5,9H2,1H3. The Hall–Kier alpha value is -1.81. The van der Waals surface area contributed by atoms with Crippen LogP contribution in [0.3, 0.4) is 0 Å². The van der Waals surface area contributed by atoms with E-state index in [0.717, 1.165) is 11.3 Å². The van der Waals surface area contributed by atoms with Gasteiger partial charge in [0.15, 0.2) is 0 Å². The molecule has 1 heterocycles. The van der Waals surface area contributed by atoms with Crippen LogP contribution in [0.4, 0.5) is 5.69 Å². The molecular weight excluding hydrogens is 288 g/mol. The highest BCUT2D eigenvalue weighted by Crippen LogP contribution is 2.34. The molecule has 4 nitrogen and oxygen atoms in total. The van der Waals surface area contributed by atoms with Gasteiger partial charge in [0.05, 0.1) is 18.5 Å². The predicted molar refractivity (Wildman–Crippen MR) is 81.9 cm³/mol. The molecule has 1 saturated heterocycles. The van der Waals surface area contributed by atoms with E-state index in [1.54, 1.807) is 6.07 Å². The van der Waals surface area contributed by atoms with E-state index in [1.165, 1.54) is 4.90 Å². The zero-order valence-electron chi connectivity index (χ0n) is 11.8. The normalized spacial score (nSPS) is 24.4. The van der Waals surface area contributed by atoms with Crippen molar-refractivity contribution < 1.29 is 9.59 Å². The van der Waals surface area contributed by atoms with E-state index in [-0.39, 0.29) is 30.3 Å². The highest BCUT2D eigenvalue weighted by Gasteiger charge is 2.46. The van der Waals surface area contributed by atoms with Crippen LogP contribution in [0, 0.1) is 18.8 Å². The minimum atomic E-state index is -0.175. The fourth-order valence-electron chi connectivity index (χ4n) is 2.90. The molecule has 0 saturated carbocycles. The second kappa shape index (κ2) is 5.53. The van der Waals surface area contributed by atoms with Crippen LogP contribution in [-0.4, -0.2) is 23.4 Å². The Morgan fingerprint density at radius 1 is 1.19 bits per heavy atom. The van der Waals surface area contributed by atoms with Gasteiger partial charge in [0.25, 0.3) is 0 Å². The quantitative estimate of drug-likeness (QED) is 0.690. The summed E-state index contributed by atoms with van der Waals surface area (Å²) in [6, 6.07) is 5.60. The first-order valence-electron chi connectivity index (χ1n) is 7.08.